The lowest BCUT2D eigenvalue weighted by Crippen LogP contribution is -2.06. The van der Waals surface area contributed by atoms with Gasteiger partial charge in [0.2, 0.25) is 11.3 Å². The van der Waals surface area contributed by atoms with Gasteiger partial charge in [-0.3, -0.25) is 4.79 Å². The van der Waals surface area contributed by atoms with Crippen LogP contribution >= 0.6 is 0 Å². The van der Waals surface area contributed by atoms with E-state index in [1.165, 1.54) is 13.4 Å². The van der Waals surface area contributed by atoms with Crippen LogP contribution in [0.15, 0.2) is 33.7 Å². The van der Waals surface area contributed by atoms with Crippen LogP contribution in [-0.4, -0.2) is 27.7 Å². The van der Waals surface area contributed by atoms with E-state index in [1.54, 1.807) is 18.2 Å². The van der Waals surface area contributed by atoms with Gasteiger partial charge in [-0.1, -0.05) is 6.07 Å². The average molecular weight is 244 g/mol. The lowest BCUT2D eigenvalue weighted by molar-refractivity contribution is 0.409. The third-order valence-electron chi connectivity index (χ3n) is 2.57. The van der Waals surface area contributed by atoms with Crippen molar-refractivity contribution in [1.29, 1.82) is 0 Å². The second-order valence-corrected chi connectivity index (χ2v) is 3.55. The Morgan fingerprint density at radius 2 is 2.28 bits per heavy atom. The summed E-state index contributed by atoms with van der Waals surface area (Å²) >= 11 is 0. The van der Waals surface area contributed by atoms with Gasteiger partial charge < -0.3 is 9.15 Å². The van der Waals surface area contributed by atoms with E-state index >= 15 is 0 Å². The van der Waals surface area contributed by atoms with Crippen LogP contribution in [-0.2, 0) is 0 Å². The summed E-state index contributed by atoms with van der Waals surface area (Å²) in [6.45, 7) is 0. The van der Waals surface area contributed by atoms with Crippen LogP contribution in [0, 0.1) is 0 Å². The predicted molar refractivity (Wildman–Crippen MR) is 62.2 cm³/mol. The number of tetrazole rings is 1. The van der Waals surface area contributed by atoms with Crippen LogP contribution in [0.4, 0.5) is 0 Å². The maximum Gasteiger partial charge on any atom is 0.211 e. The first-order valence-corrected chi connectivity index (χ1v) is 5.13. The molecule has 1 N–H and O–H groups in total. The number of nitrogens with one attached hydrogen (secondary N) is 1. The summed E-state index contributed by atoms with van der Waals surface area (Å²) < 4.78 is 10.6. The molecule has 90 valence electrons. The number of H-pyrrole nitrogens is 1. The molecule has 0 bridgehead atoms. The molecule has 3 rings (SSSR count). The monoisotopic (exact) mass is 244 g/mol. The molecule has 0 aliphatic heterocycles. The Balaban J connectivity index is 2.34. The fourth-order valence-electron chi connectivity index (χ4n) is 1.72. The first kappa shape index (κ1) is 10.5. The van der Waals surface area contributed by atoms with Crippen molar-refractivity contribution in [3.63, 3.8) is 0 Å². The number of methoxy groups -OCH3 is 1. The number of ether oxygens (including phenoxy) is 1. The van der Waals surface area contributed by atoms with Crippen LogP contribution in [0.3, 0.4) is 0 Å². The lowest BCUT2D eigenvalue weighted by Gasteiger charge is -2.03. The van der Waals surface area contributed by atoms with Crippen LogP contribution in [0.5, 0.6) is 5.75 Å². The van der Waals surface area contributed by atoms with Crippen molar-refractivity contribution in [1.82, 2.24) is 20.6 Å². The van der Waals surface area contributed by atoms with Crippen molar-refractivity contribution < 1.29 is 9.15 Å². The topological polar surface area (TPSA) is 93.9 Å². The van der Waals surface area contributed by atoms with Gasteiger partial charge in [0.15, 0.2) is 11.3 Å². The highest BCUT2D eigenvalue weighted by Crippen LogP contribution is 2.24. The normalized spacial score (nSPS) is 10.7. The Morgan fingerprint density at radius 3 is 3.00 bits per heavy atom. The van der Waals surface area contributed by atoms with E-state index in [9.17, 15) is 4.79 Å². The van der Waals surface area contributed by atoms with Crippen LogP contribution in [0.25, 0.3) is 22.4 Å². The van der Waals surface area contributed by atoms with Gasteiger partial charge in [-0.25, -0.2) is 0 Å². The van der Waals surface area contributed by atoms with Gasteiger partial charge in [0.1, 0.15) is 11.8 Å². The summed E-state index contributed by atoms with van der Waals surface area (Å²) in [7, 11) is 1.52. The molecule has 2 heterocycles. The molecule has 0 saturated carbocycles. The van der Waals surface area contributed by atoms with Gasteiger partial charge in [-0.15, -0.1) is 10.2 Å². The highest BCUT2D eigenvalue weighted by atomic mass is 16.5. The van der Waals surface area contributed by atoms with Gasteiger partial charge in [-0.05, 0) is 17.3 Å². The molecule has 7 heteroatoms. The zero-order chi connectivity index (χ0) is 12.5. The first-order chi connectivity index (χ1) is 8.81. The van der Waals surface area contributed by atoms with Gasteiger partial charge in [0.05, 0.1) is 12.5 Å². The number of fused-ring (bicyclic) bond motifs is 1. The molecule has 3 aromatic rings. The van der Waals surface area contributed by atoms with Gasteiger partial charge in [-0.2, -0.15) is 5.21 Å². The van der Waals surface area contributed by atoms with Crippen molar-refractivity contribution in [2.45, 2.75) is 0 Å². The summed E-state index contributed by atoms with van der Waals surface area (Å²) in [6, 6.07) is 5.10. The highest BCUT2D eigenvalue weighted by molar-refractivity contribution is 5.85. The van der Waals surface area contributed by atoms with Gasteiger partial charge >= 0.3 is 0 Å². The predicted octanol–water partition coefficient (Wildman–Crippen LogP) is 0.982. The highest BCUT2D eigenvalue weighted by Gasteiger charge is 2.14. The van der Waals surface area contributed by atoms with Crippen molar-refractivity contribution in [2.75, 3.05) is 7.11 Å². The second-order valence-electron chi connectivity index (χ2n) is 3.55. The zero-order valence-corrected chi connectivity index (χ0v) is 9.38. The molecule has 0 atom stereocenters. The Kier molecular flexibility index (Phi) is 2.30. The molecule has 0 amide bonds. The molecular formula is C11H8N4O3. The smallest absolute Gasteiger partial charge is 0.211 e. The van der Waals surface area contributed by atoms with E-state index in [0.29, 0.717) is 16.7 Å². The largest absolute Gasteiger partial charge is 0.493 e. The van der Waals surface area contributed by atoms with Gasteiger partial charge in [0.25, 0.3) is 0 Å². The Bertz CT molecular complexity index is 749. The molecule has 7 nitrogen and oxygen atoms in total. The molecule has 1 aromatic carbocycles. The standard InChI is InChI=1S/C11H8N4O3/c1-17-8-4-2-3-6-9(16)7(5-18-10(6)8)11-12-14-15-13-11/h2-5H,1H3,(H,12,13,14,15). The van der Waals surface area contributed by atoms with Crippen LogP contribution in [0.1, 0.15) is 0 Å². The maximum atomic E-state index is 12.3. The number of para-hydroxylation sites is 1. The third-order valence-corrected chi connectivity index (χ3v) is 2.57. The van der Waals surface area contributed by atoms with Crippen LogP contribution < -0.4 is 10.2 Å². The SMILES string of the molecule is COc1cccc2c(=O)c(-c3nn[nH]n3)coc12. The molecule has 0 spiro atoms. The van der Waals surface area contributed by atoms with Gasteiger partial charge in [0, 0.05) is 0 Å². The second kappa shape index (κ2) is 3.95. The number of nitrogens with zero attached hydrogens (tertiary/aromatic N) is 3. The number of hydrogen-bond acceptors (Lipinski definition) is 6. The van der Waals surface area contributed by atoms with Crippen molar-refractivity contribution >= 4 is 11.0 Å². The summed E-state index contributed by atoms with van der Waals surface area (Å²) in [4.78, 5) is 12.3. The first-order valence-electron chi connectivity index (χ1n) is 5.13. The lowest BCUT2D eigenvalue weighted by atomic mass is 10.1. The fraction of sp³-hybridized carbons (Fsp3) is 0.0909. The molecule has 18 heavy (non-hydrogen) atoms. The molecule has 0 radical (unpaired) electrons. The van der Waals surface area contributed by atoms with E-state index in [2.05, 4.69) is 20.6 Å². The molecule has 2 aromatic heterocycles. The minimum atomic E-state index is -0.225. The summed E-state index contributed by atoms with van der Waals surface area (Å²) in [5, 5.41) is 13.6. The Morgan fingerprint density at radius 1 is 1.39 bits per heavy atom. The van der Waals surface area contributed by atoms with Crippen LogP contribution in [0.2, 0.25) is 0 Å². The molecule has 0 fully saturated rings. The van der Waals surface area contributed by atoms with Crippen molar-refractivity contribution in [3.05, 3.63) is 34.7 Å². The van der Waals surface area contributed by atoms with E-state index in [0.717, 1.165) is 0 Å². The number of aromatic nitrogens is 4. The van der Waals surface area contributed by atoms with E-state index in [-0.39, 0.29) is 16.8 Å². The Hall–Kier alpha value is -2.70. The quantitative estimate of drug-likeness (QED) is 0.722. The fourth-order valence-corrected chi connectivity index (χ4v) is 1.72. The average Bonchev–Trinajstić information content (AvgIpc) is 2.92. The van der Waals surface area contributed by atoms with E-state index in [1.807, 2.05) is 0 Å². The maximum absolute atomic E-state index is 12.3. The minimum absolute atomic E-state index is 0.202. The van der Waals surface area contributed by atoms with Crippen molar-refractivity contribution in [2.24, 2.45) is 0 Å². The summed E-state index contributed by atoms with van der Waals surface area (Å²) in [5.74, 6) is 0.706. The zero-order valence-electron chi connectivity index (χ0n) is 9.38. The molecule has 0 saturated heterocycles. The van der Waals surface area contributed by atoms with E-state index in [4.69, 9.17) is 9.15 Å². The molecule has 0 unspecified atom stereocenters. The summed E-state index contributed by atoms with van der Waals surface area (Å²) in [6.07, 6.45) is 1.30. The Labute approximate surface area is 100 Å². The van der Waals surface area contributed by atoms with Crippen molar-refractivity contribution in [3.8, 4) is 17.1 Å². The third kappa shape index (κ3) is 1.45. The number of hydrogen-bond donors (Lipinski definition) is 1. The summed E-state index contributed by atoms with van der Waals surface area (Å²) in [5.41, 5.74) is 0.429. The molecule has 0 aliphatic rings. The minimum Gasteiger partial charge on any atom is -0.493 e. The van der Waals surface area contributed by atoms with E-state index < -0.39 is 0 Å². The number of benzene rings is 1. The molecular weight excluding hydrogens is 236 g/mol. The number of aromatic amines is 1. The number of rotatable bonds is 2. The molecule has 0 aliphatic carbocycles.